The second-order valence-electron chi connectivity index (χ2n) is 2.71. The summed E-state index contributed by atoms with van der Waals surface area (Å²) in [7, 11) is 0. The van der Waals surface area contributed by atoms with Crippen LogP contribution in [-0.4, -0.2) is 11.7 Å². The summed E-state index contributed by atoms with van der Waals surface area (Å²) in [4.78, 5) is 0. The molecule has 1 nitrogen and oxygen atoms in total. The van der Waals surface area contributed by atoms with Gasteiger partial charge >= 0.3 is 6.18 Å². The first-order valence-corrected chi connectivity index (χ1v) is 3.98. The summed E-state index contributed by atoms with van der Waals surface area (Å²) in [6.45, 7) is -0.184. The van der Waals surface area contributed by atoms with Crippen LogP contribution >= 0.6 is 0 Å². The molecule has 0 fully saturated rings. The van der Waals surface area contributed by atoms with Gasteiger partial charge < -0.3 is 5.11 Å². The molecule has 0 unspecified atom stereocenters. The minimum atomic E-state index is -4.32. The Bertz CT molecular complexity index is 328. The molecule has 0 aromatic heterocycles. The van der Waals surface area contributed by atoms with E-state index < -0.39 is 11.7 Å². The quantitative estimate of drug-likeness (QED) is 0.781. The Labute approximate surface area is 79.5 Å². The first-order chi connectivity index (χ1) is 6.54. The van der Waals surface area contributed by atoms with Gasteiger partial charge in [0.2, 0.25) is 0 Å². The van der Waals surface area contributed by atoms with Crippen molar-refractivity contribution in [3.8, 4) is 0 Å². The van der Waals surface area contributed by atoms with Gasteiger partial charge in [-0.15, -0.1) is 0 Å². The number of aliphatic hydroxyl groups excluding tert-OH is 1. The van der Waals surface area contributed by atoms with E-state index in [1.165, 1.54) is 18.2 Å². The van der Waals surface area contributed by atoms with E-state index in [2.05, 4.69) is 0 Å². The largest absolute Gasteiger partial charge is 0.416 e. The van der Waals surface area contributed by atoms with Crippen molar-refractivity contribution in [3.05, 3.63) is 41.5 Å². The molecule has 0 saturated heterocycles. The van der Waals surface area contributed by atoms with Crippen LogP contribution in [0.3, 0.4) is 0 Å². The molecule has 0 saturated carbocycles. The summed E-state index contributed by atoms with van der Waals surface area (Å²) in [5.41, 5.74) is -0.258. The van der Waals surface area contributed by atoms with Crippen molar-refractivity contribution in [1.82, 2.24) is 0 Å². The van der Waals surface area contributed by atoms with Gasteiger partial charge in [0.25, 0.3) is 0 Å². The van der Waals surface area contributed by atoms with Gasteiger partial charge in [-0.05, 0) is 17.7 Å². The molecule has 0 heterocycles. The fraction of sp³-hybridized carbons (Fsp3) is 0.200. The van der Waals surface area contributed by atoms with E-state index in [4.69, 9.17) is 5.11 Å². The smallest absolute Gasteiger partial charge is 0.392 e. The third-order valence-electron chi connectivity index (χ3n) is 1.63. The van der Waals surface area contributed by atoms with Crippen LogP contribution in [0.25, 0.3) is 6.08 Å². The highest BCUT2D eigenvalue weighted by atomic mass is 19.4. The predicted octanol–water partition coefficient (Wildman–Crippen LogP) is 2.71. The number of benzene rings is 1. The van der Waals surface area contributed by atoms with E-state index in [9.17, 15) is 13.2 Å². The molecule has 0 radical (unpaired) electrons. The molecule has 0 aliphatic carbocycles. The Hall–Kier alpha value is -1.29. The van der Waals surface area contributed by atoms with Crippen LogP contribution in [0.1, 0.15) is 11.1 Å². The lowest BCUT2D eigenvalue weighted by molar-refractivity contribution is -0.137. The average molecular weight is 202 g/mol. The van der Waals surface area contributed by atoms with Crippen molar-refractivity contribution < 1.29 is 18.3 Å². The zero-order chi connectivity index (χ0) is 10.6. The number of halogens is 3. The highest BCUT2D eigenvalue weighted by Gasteiger charge is 2.30. The maximum absolute atomic E-state index is 12.2. The zero-order valence-electron chi connectivity index (χ0n) is 7.25. The SMILES string of the molecule is OC/C=C/c1cccc(C(F)(F)F)c1. The van der Waals surface area contributed by atoms with Gasteiger partial charge in [0, 0.05) is 0 Å². The van der Waals surface area contributed by atoms with Gasteiger partial charge in [-0.3, -0.25) is 0 Å². The van der Waals surface area contributed by atoms with Gasteiger partial charge in [0.1, 0.15) is 0 Å². The van der Waals surface area contributed by atoms with Gasteiger partial charge in [-0.25, -0.2) is 0 Å². The third kappa shape index (κ3) is 2.88. The summed E-state index contributed by atoms with van der Waals surface area (Å²) < 4.78 is 36.6. The number of hydrogen-bond acceptors (Lipinski definition) is 1. The zero-order valence-corrected chi connectivity index (χ0v) is 7.25. The Morgan fingerprint density at radius 2 is 2.00 bits per heavy atom. The van der Waals surface area contributed by atoms with Crippen LogP contribution < -0.4 is 0 Å². The lowest BCUT2D eigenvalue weighted by Gasteiger charge is -2.06. The number of hydrogen-bond donors (Lipinski definition) is 1. The summed E-state index contributed by atoms with van der Waals surface area (Å²) in [6, 6.07) is 4.92. The van der Waals surface area contributed by atoms with Crippen molar-refractivity contribution in [1.29, 1.82) is 0 Å². The lowest BCUT2D eigenvalue weighted by Crippen LogP contribution is -2.04. The van der Waals surface area contributed by atoms with Crippen LogP contribution in [0, 0.1) is 0 Å². The van der Waals surface area contributed by atoms with Gasteiger partial charge in [-0.1, -0.05) is 24.3 Å². The maximum Gasteiger partial charge on any atom is 0.416 e. The minimum absolute atomic E-state index is 0.184. The van der Waals surface area contributed by atoms with Crippen LogP contribution in [0.5, 0.6) is 0 Å². The first-order valence-electron chi connectivity index (χ1n) is 3.98. The third-order valence-corrected chi connectivity index (χ3v) is 1.63. The molecule has 0 amide bonds. The van der Waals surface area contributed by atoms with Crippen LogP contribution in [0.4, 0.5) is 13.2 Å². The molecule has 76 valence electrons. The Morgan fingerprint density at radius 1 is 1.29 bits per heavy atom. The van der Waals surface area contributed by atoms with E-state index in [-0.39, 0.29) is 6.61 Å². The summed E-state index contributed by atoms with van der Waals surface area (Å²) in [6.07, 6.45) is -1.49. The van der Waals surface area contributed by atoms with Crippen LogP contribution in [0.15, 0.2) is 30.3 Å². The fourth-order valence-electron chi connectivity index (χ4n) is 1.01. The molecule has 1 rings (SSSR count). The Kier molecular flexibility index (Phi) is 3.30. The highest BCUT2D eigenvalue weighted by molar-refractivity contribution is 5.50. The number of aliphatic hydroxyl groups is 1. The standard InChI is InChI=1S/C10H9F3O/c11-10(12,13)9-5-1-3-8(7-9)4-2-6-14/h1-5,7,14H,6H2/b4-2+. The molecule has 0 bridgehead atoms. The van der Waals surface area contributed by atoms with Gasteiger partial charge in [0.15, 0.2) is 0 Å². The monoisotopic (exact) mass is 202 g/mol. The minimum Gasteiger partial charge on any atom is -0.392 e. The van der Waals surface area contributed by atoms with E-state index in [0.29, 0.717) is 5.56 Å². The van der Waals surface area contributed by atoms with E-state index in [0.717, 1.165) is 12.1 Å². The molecular weight excluding hydrogens is 193 g/mol. The van der Waals surface area contributed by atoms with E-state index >= 15 is 0 Å². The maximum atomic E-state index is 12.2. The van der Waals surface area contributed by atoms with Gasteiger partial charge in [0.05, 0.1) is 12.2 Å². The molecule has 0 spiro atoms. The second-order valence-corrected chi connectivity index (χ2v) is 2.71. The highest BCUT2D eigenvalue weighted by Crippen LogP contribution is 2.29. The number of rotatable bonds is 2. The molecule has 1 N–H and O–H groups in total. The normalized spacial score (nSPS) is 12.3. The van der Waals surface area contributed by atoms with E-state index in [1.807, 2.05) is 0 Å². The average Bonchev–Trinajstić information content (AvgIpc) is 2.14. The van der Waals surface area contributed by atoms with Crippen molar-refractivity contribution in [3.63, 3.8) is 0 Å². The van der Waals surface area contributed by atoms with Crippen LogP contribution in [-0.2, 0) is 6.18 Å². The molecule has 4 heteroatoms. The molecule has 0 atom stereocenters. The van der Waals surface area contributed by atoms with Crippen molar-refractivity contribution >= 4 is 6.08 Å². The molecule has 0 aliphatic rings. The molecular formula is C10H9F3O. The number of alkyl halides is 3. The summed E-state index contributed by atoms with van der Waals surface area (Å²) in [5.74, 6) is 0. The molecule has 1 aromatic rings. The summed E-state index contributed by atoms with van der Waals surface area (Å²) in [5, 5.41) is 8.45. The predicted molar refractivity (Wildman–Crippen MR) is 47.6 cm³/mol. The topological polar surface area (TPSA) is 20.2 Å². The Balaban J connectivity index is 2.96. The van der Waals surface area contributed by atoms with Crippen LogP contribution in [0.2, 0.25) is 0 Å². The fourth-order valence-corrected chi connectivity index (χ4v) is 1.01. The van der Waals surface area contributed by atoms with Gasteiger partial charge in [-0.2, -0.15) is 13.2 Å². The lowest BCUT2D eigenvalue weighted by atomic mass is 10.1. The molecule has 14 heavy (non-hydrogen) atoms. The van der Waals surface area contributed by atoms with Crippen molar-refractivity contribution in [2.75, 3.05) is 6.61 Å². The Morgan fingerprint density at radius 3 is 2.57 bits per heavy atom. The van der Waals surface area contributed by atoms with E-state index in [1.54, 1.807) is 6.07 Å². The summed E-state index contributed by atoms with van der Waals surface area (Å²) >= 11 is 0. The molecule has 1 aromatic carbocycles. The first kappa shape index (κ1) is 10.8. The van der Waals surface area contributed by atoms with Crippen molar-refractivity contribution in [2.24, 2.45) is 0 Å². The molecule has 0 aliphatic heterocycles. The van der Waals surface area contributed by atoms with Crippen molar-refractivity contribution in [2.45, 2.75) is 6.18 Å². The second kappa shape index (κ2) is 4.28.